The molecule has 0 aliphatic rings. The van der Waals surface area contributed by atoms with Gasteiger partial charge in [-0.25, -0.2) is 15.0 Å². The van der Waals surface area contributed by atoms with E-state index in [1.807, 2.05) is 60.7 Å². The molecular formula is C57H36N6. The first-order valence-electron chi connectivity index (χ1n) is 21.3. The van der Waals surface area contributed by atoms with Crippen molar-refractivity contribution in [2.45, 2.75) is 0 Å². The van der Waals surface area contributed by atoms with Gasteiger partial charge in [-0.15, -0.1) is 0 Å². The number of hydrogen-bond donors (Lipinski definition) is 0. The zero-order valence-corrected chi connectivity index (χ0v) is 34.0. The average molecular weight is 805 g/mol. The van der Waals surface area contributed by atoms with Gasteiger partial charge < -0.3 is 13.7 Å². The minimum Gasteiger partial charge on any atom is -0.307 e. The number of aromatic nitrogens is 6. The molecular weight excluding hydrogens is 769 g/mol. The Morgan fingerprint density at radius 3 is 0.952 bits per heavy atom. The summed E-state index contributed by atoms with van der Waals surface area (Å²) in [6.45, 7) is 0. The van der Waals surface area contributed by atoms with Crippen molar-refractivity contribution in [1.82, 2.24) is 28.7 Å². The van der Waals surface area contributed by atoms with E-state index in [2.05, 4.69) is 171 Å². The highest BCUT2D eigenvalue weighted by Crippen LogP contribution is 2.45. The van der Waals surface area contributed by atoms with Gasteiger partial charge >= 0.3 is 0 Å². The lowest BCUT2D eigenvalue weighted by Gasteiger charge is -2.14. The first-order valence-corrected chi connectivity index (χ1v) is 21.3. The second-order valence-electron chi connectivity index (χ2n) is 16.0. The van der Waals surface area contributed by atoms with Crippen LogP contribution in [-0.2, 0) is 0 Å². The van der Waals surface area contributed by atoms with Crippen molar-refractivity contribution in [1.29, 1.82) is 0 Å². The summed E-state index contributed by atoms with van der Waals surface area (Å²) in [4.78, 5) is 15.0. The fourth-order valence-corrected chi connectivity index (χ4v) is 9.73. The van der Waals surface area contributed by atoms with Gasteiger partial charge in [0, 0.05) is 66.1 Å². The van der Waals surface area contributed by atoms with Gasteiger partial charge in [0.1, 0.15) is 0 Å². The molecule has 0 saturated heterocycles. The number of rotatable bonds is 6. The Labute approximate surface area is 362 Å². The summed E-state index contributed by atoms with van der Waals surface area (Å²) >= 11 is 0. The van der Waals surface area contributed by atoms with Crippen LogP contribution >= 0.6 is 0 Å². The van der Waals surface area contributed by atoms with E-state index in [9.17, 15) is 0 Å². The van der Waals surface area contributed by atoms with Gasteiger partial charge in [-0.1, -0.05) is 158 Å². The lowest BCUT2D eigenvalue weighted by molar-refractivity contribution is 1.07. The summed E-state index contributed by atoms with van der Waals surface area (Å²) in [5, 5.41) is 7.24. The molecule has 0 aliphatic carbocycles. The van der Waals surface area contributed by atoms with E-state index in [0.29, 0.717) is 17.5 Å². The molecule has 0 amide bonds. The Bertz CT molecular complexity index is 3810. The molecule has 0 radical (unpaired) electrons. The van der Waals surface area contributed by atoms with E-state index >= 15 is 0 Å². The summed E-state index contributed by atoms with van der Waals surface area (Å²) in [5.41, 5.74) is 13.1. The fraction of sp³-hybridized carbons (Fsp3) is 0. The SMILES string of the molecule is c1ccc(-c2nc(-c3ccccc3)nc(-c3ccc(-n4c5ccccc5c5ccc6c7ccc8c9ccccc9n(-c9ccccc9)c8c7n(-c7ccccc7)c6c54)cc3)n2)cc1. The van der Waals surface area contributed by atoms with Crippen molar-refractivity contribution in [3.8, 4) is 51.2 Å². The lowest BCUT2D eigenvalue weighted by atomic mass is 10.1. The Balaban J connectivity index is 1.10. The van der Waals surface area contributed by atoms with E-state index in [1.165, 1.54) is 48.9 Å². The number of benzene rings is 9. The Morgan fingerprint density at radius 2 is 0.524 bits per heavy atom. The number of nitrogens with zero attached hydrogens (tertiary/aromatic N) is 6. The van der Waals surface area contributed by atoms with E-state index in [0.717, 1.165) is 50.3 Å². The molecule has 0 spiro atoms. The summed E-state index contributed by atoms with van der Waals surface area (Å²) in [6, 6.07) is 77.4. The van der Waals surface area contributed by atoms with Crippen LogP contribution < -0.4 is 0 Å². The maximum Gasteiger partial charge on any atom is 0.164 e. The van der Waals surface area contributed by atoms with Crippen molar-refractivity contribution < 1.29 is 0 Å². The monoisotopic (exact) mass is 804 g/mol. The number of fused-ring (bicyclic) bond motifs is 11. The third-order valence-electron chi connectivity index (χ3n) is 12.5. The van der Waals surface area contributed by atoms with Gasteiger partial charge in [-0.3, -0.25) is 0 Å². The van der Waals surface area contributed by atoms with Crippen molar-refractivity contribution in [3.63, 3.8) is 0 Å². The van der Waals surface area contributed by atoms with Crippen molar-refractivity contribution in [3.05, 3.63) is 218 Å². The molecule has 0 N–H and O–H groups in total. The molecule has 0 unspecified atom stereocenters. The summed E-state index contributed by atoms with van der Waals surface area (Å²) in [7, 11) is 0. The van der Waals surface area contributed by atoms with E-state index in [1.54, 1.807) is 0 Å². The van der Waals surface area contributed by atoms with Gasteiger partial charge in [0.2, 0.25) is 0 Å². The van der Waals surface area contributed by atoms with Crippen LogP contribution in [0.15, 0.2) is 218 Å². The first kappa shape index (κ1) is 35.2. The van der Waals surface area contributed by atoms with E-state index < -0.39 is 0 Å². The molecule has 9 aromatic carbocycles. The second-order valence-corrected chi connectivity index (χ2v) is 16.0. The van der Waals surface area contributed by atoms with Gasteiger partial charge in [0.25, 0.3) is 0 Å². The zero-order valence-electron chi connectivity index (χ0n) is 34.0. The number of para-hydroxylation sites is 4. The van der Waals surface area contributed by atoms with Crippen LogP contribution in [0.2, 0.25) is 0 Å². The minimum atomic E-state index is 0.626. The second kappa shape index (κ2) is 14.0. The van der Waals surface area contributed by atoms with Crippen LogP contribution in [0.3, 0.4) is 0 Å². The normalized spacial score (nSPS) is 11.8. The standard InChI is InChI=1S/C57H36N6/c1-5-17-37(18-6-1)55-58-56(38-19-7-2-8-20-38)60-57(59-55)39-29-31-42(32-30-39)62-50-28-16-14-26-44(50)46-34-36-48-47-35-33-45-43-25-13-15-27-49(43)61(40-21-9-3-10-22-40)51(45)53(47)63(54(48)52(46)62)41-23-11-4-12-24-41/h1-36H. The first-order chi connectivity index (χ1) is 31.3. The molecule has 0 aliphatic heterocycles. The Kier molecular flexibility index (Phi) is 7.80. The molecule has 0 saturated carbocycles. The largest absolute Gasteiger partial charge is 0.307 e. The smallest absolute Gasteiger partial charge is 0.164 e. The maximum absolute atomic E-state index is 5.04. The highest BCUT2D eigenvalue weighted by molar-refractivity contribution is 6.29. The van der Waals surface area contributed by atoms with Crippen LogP contribution in [0.25, 0.3) is 117 Å². The predicted octanol–water partition coefficient (Wildman–Crippen LogP) is 14.2. The van der Waals surface area contributed by atoms with Crippen molar-refractivity contribution in [2.24, 2.45) is 0 Å². The molecule has 63 heavy (non-hydrogen) atoms. The number of hydrogen-bond acceptors (Lipinski definition) is 3. The van der Waals surface area contributed by atoms with Crippen molar-refractivity contribution in [2.75, 3.05) is 0 Å². The molecule has 6 nitrogen and oxygen atoms in total. The quantitative estimate of drug-likeness (QED) is 0.168. The van der Waals surface area contributed by atoms with Crippen LogP contribution in [0, 0.1) is 0 Å². The van der Waals surface area contributed by atoms with Crippen LogP contribution in [0.1, 0.15) is 0 Å². The average Bonchev–Trinajstić information content (AvgIpc) is 4.01. The Hall–Kier alpha value is -8.61. The van der Waals surface area contributed by atoms with Crippen LogP contribution in [0.4, 0.5) is 0 Å². The highest BCUT2D eigenvalue weighted by Gasteiger charge is 2.25. The fourth-order valence-electron chi connectivity index (χ4n) is 9.73. The van der Waals surface area contributed by atoms with Gasteiger partial charge in [-0.05, 0) is 60.7 Å². The van der Waals surface area contributed by atoms with Gasteiger partial charge in [-0.2, -0.15) is 0 Å². The van der Waals surface area contributed by atoms with Crippen molar-refractivity contribution >= 4 is 65.4 Å². The molecule has 6 heteroatoms. The predicted molar refractivity (Wildman–Crippen MR) is 259 cm³/mol. The molecule has 4 heterocycles. The zero-order chi connectivity index (χ0) is 41.4. The van der Waals surface area contributed by atoms with E-state index in [-0.39, 0.29) is 0 Å². The molecule has 13 aromatic rings. The third kappa shape index (κ3) is 5.41. The summed E-state index contributed by atoms with van der Waals surface area (Å²) in [5.74, 6) is 1.91. The summed E-state index contributed by atoms with van der Waals surface area (Å²) < 4.78 is 7.40. The molecule has 13 rings (SSSR count). The highest BCUT2D eigenvalue weighted by atomic mass is 15.1. The van der Waals surface area contributed by atoms with Crippen LogP contribution in [0.5, 0.6) is 0 Å². The van der Waals surface area contributed by atoms with Gasteiger partial charge in [0.05, 0.1) is 33.1 Å². The topological polar surface area (TPSA) is 53.5 Å². The lowest BCUT2D eigenvalue weighted by Crippen LogP contribution is -2.01. The molecule has 0 fully saturated rings. The van der Waals surface area contributed by atoms with Crippen LogP contribution in [-0.4, -0.2) is 28.7 Å². The third-order valence-corrected chi connectivity index (χ3v) is 12.5. The molecule has 0 atom stereocenters. The molecule has 294 valence electrons. The Morgan fingerprint density at radius 1 is 0.222 bits per heavy atom. The molecule has 4 aromatic heterocycles. The van der Waals surface area contributed by atoms with Gasteiger partial charge in [0.15, 0.2) is 17.5 Å². The summed E-state index contributed by atoms with van der Waals surface area (Å²) in [6.07, 6.45) is 0. The minimum absolute atomic E-state index is 0.626. The molecule has 0 bridgehead atoms. The maximum atomic E-state index is 5.04. The van der Waals surface area contributed by atoms with E-state index in [4.69, 9.17) is 15.0 Å².